The summed E-state index contributed by atoms with van der Waals surface area (Å²) in [5, 5.41) is 15.8. The molecule has 2 aromatic rings. The summed E-state index contributed by atoms with van der Waals surface area (Å²) in [6.07, 6.45) is 1.49. The van der Waals surface area contributed by atoms with Crippen LogP contribution in [0.1, 0.15) is 15.9 Å². The Hall–Kier alpha value is -2.80. The first kappa shape index (κ1) is 15.6. The Morgan fingerprint density at radius 1 is 1.23 bits per heavy atom. The fourth-order valence-corrected chi connectivity index (χ4v) is 1.77. The highest BCUT2D eigenvalue weighted by molar-refractivity contribution is 7.80. The van der Waals surface area contributed by atoms with Crippen molar-refractivity contribution in [1.82, 2.24) is 5.43 Å². The van der Waals surface area contributed by atoms with Crippen molar-refractivity contribution in [2.45, 2.75) is 0 Å². The van der Waals surface area contributed by atoms with Crippen LogP contribution in [0.4, 0.5) is 10.1 Å². The lowest BCUT2D eigenvalue weighted by molar-refractivity contribution is 0.0697. The summed E-state index contributed by atoms with van der Waals surface area (Å²) in [5.41, 5.74) is 4.00. The molecule has 2 aromatic carbocycles. The smallest absolute Gasteiger partial charge is 0.335 e. The van der Waals surface area contributed by atoms with E-state index in [0.717, 1.165) is 0 Å². The van der Waals surface area contributed by atoms with Crippen LogP contribution in [0.25, 0.3) is 0 Å². The number of nitrogens with zero attached hydrogens (tertiary/aromatic N) is 1. The van der Waals surface area contributed by atoms with Crippen LogP contribution < -0.4 is 10.7 Å². The normalized spacial score (nSPS) is 10.4. The molecule has 0 amide bonds. The number of benzene rings is 2. The van der Waals surface area contributed by atoms with E-state index in [2.05, 4.69) is 15.8 Å². The van der Waals surface area contributed by atoms with E-state index in [9.17, 15) is 9.18 Å². The zero-order valence-electron chi connectivity index (χ0n) is 11.3. The first-order chi connectivity index (χ1) is 10.5. The molecule has 0 heterocycles. The van der Waals surface area contributed by atoms with E-state index in [1.54, 1.807) is 24.3 Å². The van der Waals surface area contributed by atoms with Crippen molar-refractivity contribution in [3.63, 3.8) is 0 Å². The highest BCUT2D eigenvalue weighted by Gasteiger charge is 2.03. The van der Waals surface area contributed by atoms with Crippen LogP contribution in [0.15, 0.2) is 53.6 Å². The minimum Gasteiger partial charge on any atom is -0.478 e. The second-order valence-electron chi connectivity index (χ2n) is 4.26. The maximum absolute atomic E-state index is 12.7. The molecule has 0 atom stereocenters. The molecule has 0 aromatic heterocycles. The van der Waals surface area contributed by atoms with Crippen molar-refractivity contribution >= 4 is 35.2 Å². The molecule has 0 fully saturated rings. The van der Waals surface area contributed by atoms with Crippen LogP contribution in [0.5, 0.6) is 0 Å². The van der Waals surface area contributed by atoms with Crippen molar-refractivity contribution in [2.24, 2.45) is 5.10 Å². The first-order valence-electron chi connectivity index (χ1n) is 6.23. The highest BCUT2D eigenvalue weighted by Crippen LogP contribution is 2.10. The third kappa shape index (κ3) is 4.64. The highest BCUT2D eigenvalue weighted by atomic mass is 32.1. The van der Waals surface area contributed by atoms with E-state index < -0.39 is 5.97 Å². The molecule has 0 saturated heterocycles. The summed E-state index contributed by atoms with van der Waals surface area (Å²) in [5.74, 6) is -1.34. The number of anilines is 1. The lowest BCUT2D eigenvalue weighted by atomic mass is 10.2. The summed E-state index contributed by atoms with van der Waals surface area (Å²) < 4.78 is 12.7. The van der Waals surface area contributed by atoms with Gasteiger partial charge in [0, 0.05) is 5.69 Å². The molecular weight excluding hydrogens is 305 g/mol. The molecule has 22 heavy (non-hydrogen) atoms. The summed E-state index contributed by atoms with van der Waals surface area (Å²) in [6.45, 7) is 0. The number of hydrazone groups is 1. The van der Waals surface area contributed by atoms with Gasteiger partial charge < -0.3 is 10.4 Å². The minimum atomic E-state index is -1.02. The van der Waals surface area contributed by atoms with Gasteiger partial charge in [0.1, 0.15) is 5.82 Å². The zero-order chi connectivity index (χ0) is 15.9. The lowest BCUT2D eigenvalue weighted by Crippen LogP contribution is -2.24. The van der Waals surface area contributed by atoms with E-state index >= 15 is 0 Å². The third-order valence-electron chi connectivity index (χ3n) is 2.62. The van der Waals surface area contributed by atoms with E-state index in [4.69, 9.17) is 17.3 Å². The maximum Gasteiger partial charge on any atom is 0.335 e. The van der Waals surface area contributed by atoms with Crippen molar-refractivity contribution < 1.29 is 14.3 Å². The molecule has 0 spiro atoms. The molecule has 0 aliphatic carbocycles. The second kappa shape index (κ2) is 7.28. The molecule has 112 valence electrons. The molecule has 7 heteroatoms. The Kier molecular flexibility index (Phi) is 5.16. The Morgan fingerprint density at radius 2 is 1.95 bits per heavy atom. The number of thiocarbonyl (C=S) groups is 1. The minimum absolute atomic E-state index is 0.155. The van der Waals surface area contributed by atoms with E-state index in [1.807, 2.05) is 0 Å². The molecule has 0 unspecified atom stereocenters. The topological polar surface area (TPSA) is 73.7 Å². The molecule has 5 nitrogen and oxygen atoms in total. The first-order valence-corrected chi connectivity index (χ1v) is 6.64. The van der Waals surface area contributed by atoms with Crippen LogP contribution in [-0.2, 0) is 0 Å². The van der Waals surface area contributed by atoms with Gasteiger partial charge in [-0.1, -0.05) is 18.2 Å². The second-order valence-corrected chi connectivity index (χ2v) is 4.67. The predicted octanol–water partition coefficient (Wildman–Crippen LogP) is 2.84. The van der Waals surface area contributed by atoms with Crippen molar-refractivity contribution in [2.75, 3.05) is 5.32 Å². The van der Waals surface area contributed by atoms with Gasteiger partial charge in [0.05, 0.1) is 11.8 Å². The monoisotopic (exact) mass is 317 g/mol. The van der Waals surface area contributed by atoms with E-state index in [-0.39, 0.29) is 16.5 Å². The number of carbonyl (C=O) groups is 1. The van der Waals surface area contributed by atoms with Gasteiger partial charge in [-0.15, -0.1) is 0 Å². The number of nitrogens with one attached hydrogen (secondary N) is 2. The number of halogens is 1. The lowest BCUT2D eigenvalue weighted by Gasteiger charge is -2.07. The average Bonchev–Trinajstić information content (AvgIpc) is 2.49. The van der Waals surface area contributed by atoms with Gasteiger partial charge >= 0.3 is 5.97 Å². The Labute approximate surface area is 131 Å². The van der Waals surface area contributed by atoms with Gasteiger partial charge in [-0.05, 0) is 48.1 Å². The summed E-state index contributed by atoms with van der Waals surface area (Å²) in [6, 6.07) is 12.0. The molecule has 0 aliphatic heterocycles. The molecular formula is C15H12FN3O2S. The van der Waals surface area contributed by atoms with Crippen molar-refractivity contribution in [3.05, 3.63) is 65.5 Å². The molecule has 0 radical (unpaired) electrons. The van der Waals surface area contributed by atoms with Gasteiger partial charge in [0.25, 0.3) is 0 Å². The summed E-state index contributed by atoms with van der Waals surface area (Å²) in [7, 11) is 0. The number of hydrogen-bond acceptors (Lipinski definition) is 3. The Morgan fingerprint density at radius 3 is 2.64 bits per heavy atom. The molecule has 3 N–H and O–H groups in total. The zero-order valence-corrected chi connectivity index (χ0v) is 12.1. The summed E-state index contributed by atoms with van der Waals surface area (Å²) >= 11 is 5.04. The van der Waals surface area contributed by atoms with Crippen LogP contribution in [0.3, 0.4) is 0 Å². The number of rotatable bonds is 4. The Bertz CT molecular complexity index is 717. The van der Waals surface area contributed by atoms with Crippen LogP contribution in [0.2, 0.25) is 0 Å². The van der Waals surface area contributed by atoms with E-state index in [1.165, 1.54) is 30.5 Å². The fourth-order valence-electron chi connectivity index (χ4n) is 1.60. The van der Waals surface area contributed by atoms with Crippen LogP contribution >= 0.6 is 12.2 Å². The SMILES string of the molecule is O=C(O)c1cccc(NC(=S)NN=Cc2ccc(F)cc2)c1. The molecule has 2 rings (SSSR count). The largest absolute Gasteiger partial charge is 0.478 e. The van der Waals surface area contributed by atoms with Gasteiger partial charge in [0.15, 0.2) is 5.11 Å². The number of carboxylic acids is 1. The van der Waals surface area contributed by atoms with Crippen molar-refractivity contribution in [1.29, 1.82) is 0 Å². The quantitative estimate of drug-likeness (QED) is 0.459. The predicted molar refractivity (Wildman–Crippen MR) is 86.8 cm³/mol. The van der Waals surface area contributed by atoms with Gasteiger partial charge in [-0.2, -0.15) is 5.10 Å². The standard InChI is InChI=1S/C15H12FN3O2S/c16-12-6-4-10(5-7-12)9-17-19-15(22)18-13-3-1-2-11(8-13)14(20)21/h1-9H,(H,20,21)(H2,18,19,22). The van der Waals surface area contributed by atoms with Gasteiger partial charge in [-0.25, -0.2) is 9.18 Å². The van der Waals surface area contributed by atoms with Crippen molar-refractivity contribution in [3.8, 4) is 0 Å². The average molecular weight is 317 g/mol. The number of carboxylic acid groups (broad SMARTS) is 1. The third-order valence-corrected chi connectivity index (χ3v) is 2.81. The Balaban J connectivity index is 1.91. The molecule has 0 saturated carbocycles. The van der Waals surface area contributed by atoms with Gasteiger partial charge in [-0.3, -0.25) is 5.43 Å². The van der Waals surface area contributed by atoms with Gasteiger partial charge in [0.2, 0.25) is 0 Å². The summed E-state index contributed by atoms with van der Waals surface area (Å²) in [4.78, 5) is 10.9. The molecule has 0 aliphatic rings. The number of hydrogen-bond donors (Lipinski definition) is 3. The molecule has 0 bridgehead atoms. The van der Waals surface area contributed by atoms with Crippen LogP contribution in [-0.4, -0.2) is 22.4 Å². The number of aromatic carboxylic acids is 1. The maximum atomic E-state index is 12.7. The fraction of sp³-hybridized carbons (Fsp3) is 0. The van der Waals surface area contributed by atoms with Crippen LogP contribution in [0, 0.1) is 5.82 Å². The van der Waals surface area contributed by atoms with E-state index in [0.29, 0.717) is 11.3 Å².